The number of carbonyl (C=O) groups is 1. The SMILES string of the molecule is CSCCC(NC(=O)CCn1ccc2c(Cl)cccc21)c1nnc2ccccn12. The first kappa shape index (κ1) is 19.8. The molecule has 0 saturated carbocycles. The molecule has 1 N–H and O–H groups in total. The minimum absolute atomic E-state index is 0.00679. The van der Waals surface area contributed by atoms with Gasteiger partial charge in [0.05, 0.1) is 6.04 Å². The van der Waals surface area contributed by atoms with E-state index in [2.05, 4.69) is 26.3 Å². The van der Waals surface area contributed by atoms with E-state index in [0.717, 1.165) is 39.6 Å². The fourth-order valence-electron chi connectivity index (χ4n) is 3.47. The van der Waals surface area contributed by atoms with Gasteiger partial charge in [-0.3, -0.25) is 9.20 Å². The molecule has 3 aromatic heterocycles. The number of aromatic nitrogens is 4. The molecule has 8 heteroatoms. The van der Waals surface area contributed by atoms with Crippen molar-refractivity contribution in [1.82, 2.24) is 24.5 Å². The number of hydrogen-bond donors (Lipinski definition) is 1. The first-order valence-corrected chi connectivity index (χ1v) is 11.3. The topological polar surface area (TPSA) is 64.2 Å². The summed E-state index contributed by atoms with van der Waals surface area (Å²) in [7, 11) is 0. The number of pyridine rings is 1. The molecule has 0 aliphatic rings. The average Bonchev–Trinajstić information content (AvgIpc) is 3.35. The van der Waals surface area contributed by atoms with Crippen molar-refractivity contribution in [3.8, 4) is 0 Å². The maximum Gasteiger partial charge on any atom is 0.222 e. The van der Waals surface area contributed by atoms with Gasteiger partial charge in [-0.1, -0.05) is 23.7 Å². The van der Waals surface area contributed by atoms with Crippen LogP contribution in [-0.2, 0) is 11.3 Å². The summed E-state index contributed by atoms with van der Waals surface area (Å²) in [5, 5.41) is 13.4. The second kappa shape index (κ2) is 8.88. The van der Waals surface area contributed by atoms with E-state index in [9.17, 15) is 4.79 Å². The molecule has 1 unspecified atom stereocenters. The molecular formula is C21H22ClN5OS. The Morgan fingerprint density at radius 2 is 2.07 bits per heavy atom. The minimum Gasteiger partial charge on any atom is -0.347 e. The van der Waals surface area contributed by atoms with Crippen LogP contribution in [0.25, 0.3) is 16.6 Å². The quantitative estimate of drug-likeness (QED) is 0.454. The Kier molecular flexibility index (Phi) is 6.06. The lowest BCUT2D eigenvalue weighted by Gasteiger charge is -2.17. The van der Waals surface area contributed by atoms with Crippen LogP contribution in [0.4, 0.5) is 0 Å². The Morgan fingerprint density at radius 3 is 2.93 bits per heavy atom. The second-order valence-corrected chi connectivity index (χ2v) is 8.21. The molecule has 1 amide bonds. The van der Waals surface area contributed by atoms with Gasteiger partial charge in [0.25, 0.3) is 0 Å². The van der Waals surface area contributed by atoms with Crippen LogP contribution in [0.3, 0.4) is 0 Å². The maximum absolute atomic E-state index is 12.7. The summed E-state index contributed by atoms with van der Waals surface area (Å²) in [6, 6.07) is 13.4. The Morgan fingerprint density at radius 1 is 1.17 bits per heavy atom. The molecule has 0 spiro atoms. The Bertz CT molecular complexity index is 1140. The third-order valence-electron chi connectivity index (χ3n) is 4.94. The smallest absolute Gasteiger partial charge is 0.222 e. The molecule has 0 bridgehead atoms. The molecule has 1 atom stereocenters. The first-order valence-electron chi connectivity index (χ1n) is 9.48. The van der Waals surface area contributed by atoms with E-state index < -0.39 is 0 Å². The fourth-order valence-corrected chi connectivity index (χ4v) is 4.17. The average molecular weight is 428 g/mol. The van der Waals surface area contributed by atoms with Crippen LogP contribution in [-0.4, -0.2) is 37.1 Å². The summed E-state index contributed by atoms with van der Waals surface area (Å²) in [6.07, 6.45) is 7.14. The molecule has 4 aromatic rings. The Hall–Kier alpha value is -2.51. The zero-order chi connectivity index (χ0) is 20.2. The maximum atomic E-state index is 12.7. The third-order valence-corrected chi connectivity index (χ3v) is 5.91. The van der Waals surface area contributed by atoms with Crippen LogP contribution in [0.1, 0.15) is 24.7 Å². The number of fused-ring (bicyclic) bond motifs is 2. The van der Waals surface area contributed by atoms with Crippen molar-refractivity contribution in [2.45, 2.75) is 25.4 Å². The highest BCUT2D eigenvalue weighted by Crippen LogP contribution is 2.24. The number of hydrogen-bond acceptors (Lipinski definition) is 4. The highest BCUT2D eigenvalue weighted by Gasteiger charge is 2.20. The van der Waals surface area contributed by atoms with Crippen LogP contribution in [0, 0.1) is 0 Å². The lowest BCUT2D eigenvalue weighted by molar-refractivity contribution is -0.122. The lowest BCUT2D eigenvalue weighted by atomic mass is 10.2. The van der Waals surface area contributed by atoms with Crippen LogP contribution in [0.2, 0.25) is 5.02 Å². The number of carbonyl (C=O) groups excluding carboxylic acids is 1. The molecule has 0 aliphatic carbocycles. The van der Waals surface area contributed by atoms with Gasteiger partial charge >= 0.3 is 0 Å². The molecule has 6 nitrogen and oxygen atoms in total. The molecule has 1 aromatic carbocycles. The van der Waals surface area contributed by atoms with Crippen molar-refractivity contribution in [2.24, 2.45) is 0 Å². The molecule has 0 fully saturated rings. The zero-order valence-corrected chi connectivity index (χ0v) is 17.7. The largest absolute Gasteiger partial charge is 0.347 e. The van der Waals surface area contributed by atoms with Gasteiger partial charge in [0.1, 0.15) is 0 Å². The number of rotatable bonds is 8. The predicted octanol–water partition coefficient (Wildman–Crippen LogP) is 4.34. The summed E-state index contributed by atoms with van der Waals surface area (Å²) in [6.45, 7) is 0.589. The van der Waals surface area contributed by atoms with Crippen molar-refractivity contribution in [3.05, 3.63) is 65.7 Å². The van der Waals surface area contributed by atoms with E-state index in [1.807, 2.05) is 59.3 Å². The minimum atomic E-state index is -0.178. The molecule has 3 heterocycles. The van der Waals surface area contributed by atoms with Crippen molar-refractivity contribution in [1.29, 1.82) is 0 Å². The number of thioether (sulfide) groups is 1. The van der Waals surface area contributed by atoms with Gasteiger partial charge in [-0.2, -0.15) is 11.8 Å². The monoisotopic (exact) mass is 427 g/mol. The molecule has 0 saturated heterocycles. The molecule has 0 aliphatic heterocycles. The first-order chi connectivity index (χ1) is 14.2. The summed E-state index contributed by atoms with van der Waals surface area (Å²) >= 11 is 7.99. The van der Waals surface area contributed by atoms with Crippen LogP contribution in [0.5, 0.6) is 0 Å². The number of aryl methyl sites for hydroxylation is 1. The molecule has 0 radical (unpaired) electrons. The van der Waals surface area contributed by atoms with Crippen LogP contribution < -0.4 is 5.32 Å². The summed E-state index contributed by atoms with van der Waals surface area (Å²) < 4.78 is 4.00. The highest BCUT2D eigenvalue weighted by atomic mass is 35.5. The van der Waals surface area contributed by atoms with E-state index in [-0.39, 0.29) is 11.9 Å². The van der Waals surface area contributed by atoms with Crippen molar-refractivity contribution >= 4 is 45.8 Å². The Balaban J connectivity index is 1.47. The number of nitrogens with one attached hydrogen (secondary N) is 1. The second-order valence-electron chi connectivity index (χ2n) is 6.82. The summed E-state index contributed by atoms with van der Waals surface area (Å²) in [5.74, 6) is 1.68. The van der Waals surface area contributed by atoms with Gasteiger partial charge in [-0.25, -0.2) is 0 Å². The van der Waals surface area contributed by atoms with Gasteiger partial charge in [-0.15, -0.1) is 10.2 Å². The van der Waals surface area contributed by atoms with E-state index >= 15 is 0 Å². The van der Waals surface area contributed by atoms with E-state index in [4.69, 9.17) is 11.6 Å². The van der Waals surface area contributed by atoms with Crippen molar-refractivity contribution in [2.75, 3.05) is 12.0 Å². The molecule has 4 rings (SSSR count). The van der Waals surface area contributed by atoms with Crippen LogP contribution >= 0.6 is 23.4 Å². The normalized spacial score (nSPS) is 12.5. The number of benzene rings is 1. The summed E-state index contributed by atoms with van der Waals surface area (Å²) in [4.78, 5) is 12.7. The molecule has 29 heavy (non-hydrogen) atoms. The van der Waals surface area contributed by atoms with Gasteiger partial charge in [0, 0.05) is 41.3 Å². The summed E-state index contributed by atoms with van der Waals surface area (Å²) in [5.41, 5.74) is 1.81. The van der Waals surface area contributed by atoms with Gasteiger partial charge in [0.2, 0.25) is 5.91 Å². The number of halogens is 1. The van der Waals surface area contributed by atoms with E-state index in [1.165, 1.54) is 0 Å². The number of amides is 1. The molecular weight excluding hydrogens is 406 g/mol. The van der Waals surface area contributed by atoms with Crippen molar-refractivity contribution in [3.63, 3.8) is 0 Å². The Labute approximate surface area is 178 Å². The van der Waals surface area contributed by atoms with Crippen LogP contribution in [0.15, 0.2) is 54.9 Å². The third kappa shape index (κ3) is 4.26. The fraction of sp³-hybridized carbons (Fsp3) is 0.286. The zero-order valence-electron chi connectivity index (χ0n) is 16.1. The van der Waals surface area contributed by atoms with Crippen molar-refractivity contribution < 1.29 is 4.79 Å². The van der Waals surface area contributed by atoms with E-state index in [1.54, 1.807) is 11.8 Å². The lowest BCUT2D eigenvalue weighted by Crippen LogP contribution is -2.31. The standard InChI is InChI=1S/C21H22ClN5OS/c1-29-14-10-17(21-25-24-19-7-2-3-11-27(19)21)23-20(28)9-13-26-12-8-15-16(22)5-4-6-18(15)26/h2-8,11-12,17H,9-10,13-14H2,1H3,(H,23,28). The van der Waals surface area contributed by atoms with Gasteiger partial charge in [0.15, 0.2) is 11.5 Å². The number of nitrogens with zero attached hydrogens (tertiary/aromatic N) is 4. The molecule has 150 valence electrons. The predicted molar refractivity (Wildman–Crippen MR) is 118 cm³/mol. The highest BCUT2D eigenvalue weighted by molar-refractivity contribution is 7.98. The van der Waals surface area contributed by atoms with Gasteiger partial charge < -0.3 is 9.88 Å². The van der Waals surface area contributed by atoms with E-state index in [0.29, 0.717) is 13.0 Å². The van der Waals surface area contributed by atoms with Gasteiger partial charge in [-0.05, 0) is 48.8 Å².